The molecule has 2 atom stereocenters. The summed E-state index contributed by atoms with van der Waals surface area (Å²) < 4.78 is 33.0. The van der Waals surface area contributed by atoms with Crippen molar-refractivity contribution in [2.24, 2.45) is 0 Å². The number of hydrogen-bond acceptors (Lipinski definition) is 5. The van der Waals surface area contributed by atoms with Gasteiger partial charge in [-0.25, -0.2) is 4.18 Å². The molecule has 1 aliphatic rings. The van der Waals surface area contributed by atoms with E-state index in [-0.39, 0.29) is 24.2 Å². The van der Waals surface area contributed by atoms with Crippen LogP contribution in [-0.4, -0.2) is 39.7 Å². The highest BCUT2D eigenvalue weighted by molar-refractivity contribution is 7.86. The van der Waals surface area contributed by atoms with Gasteiger partial charge in [0.2, 0.25) is 0 Å². The standard InChI is InChI=1S/C13H18ClNO4S.ClH/c1-2-20(16,17)19-13-8-15-12(9-18-13)7-10-3-5-11(14)6-4-10;/h3-6,12-13,15H,2,7-9H2,1H3;1H/t12-,13+;/m0./s1. The summed E-state index contributed by atoms with van der Waals surface area (Å²) in [4.78, 5) is 0. The Morgan fingerprint density at radius 2 is 2.05 bits per heavy atom. The van der Waals surface area contributed by atoms with Crippen molar-refractivity contribution in [2.75, 3.05) is 18.9 Å². The molecule has 120 valence electrons. The molecule has 0 spiro atoms. The molecule has 0 saturated carbocycles. The van der Waals surface area contributed by atoms with Crippen molar-refractivity contribution in [3.63, 3.8) is 0 Å². The lowest BCUT2D eigenvalue weighted by Crippen LogP contribution is -2.48. The van der Waals surface area contributed by atoms with Crippen molar-refractivity contribution >= 4 is 34.1 Å². The zero-order valence-corrected chi connectivity index (χ0v) is 14.0. The van der Waals surface area contributed by atoms with Crippen molar-refractivity contribution in [2.45, 2.75) is 25.7 Å². The second-order valence-electron chi connectivity index (χ2n) is 4.64. The molecule has 0 bridgehead atoms. The van der Waals surface area contributed by atoms with E-state index in [1.807, 2.05) is 24.3 Å². The minimum atomic E-state index is -3.48. The Hall–Kier alpha value is -0.370. The van der Waals surface area contributed by atoms with Gasteiger partial charge in [0.1, 0.15) is 0 Å². The Bertz CT molecular complexity index is 528. The van der Waals surface area contributed by atoms with E-state index < -0.39 is 16.4 Å². The second-order valence-corrected chi connectivity index (χ2v) is 6.96. The van der Waals surface area contributed by atoms with Gasteiger partial charge < -0.3 is 10.1 Å². The third-order valence-electron chi connectivity index (χ3n) is 3.06. The molecule has 1 heterocycles. The van der Waals surface area contributed by atoms with Gasteiger partial charge in [-0.05, 0) is 31.0 Å². The average Bonchev–Trinajstić information content (AvgIpc) is 2.43. The molecule has 0 amide bonds. The highest BCUT2D eigenvalue weighted by Crippen LogP contribution is 2.14. The van der Waals surface area contributed by atoms with Crippen LogP contribution in [0, 0.1) is 0 Å². The molecule has 1 aliphatic heterocycles. The monoisotopic (exact) mass is 355 g/mol. The van der Waals surface area contributed by atoms with Gasteiger partial charge >= 0.3 is 0 Å². The summed E-state index contributed by atoms with van der Waals surface area (Å²) in [6.07, 6.45) is 0.0612. The number of ether oxygens (including phenoxy) is 1. The topological polar surface area (TPSA) is 64.6 Å². The fraction of sp³-hybridized carbons (Fsp3) is 0.538. The number of hydrogen-bond donors (Lipinski definition) is 1. The van der Waals surface area contributed by atoms with Crippen molar-refractivity contribution in [1.82, 2.24) is 5.32 Å². The Morgan fingerprint density at radius 3 is 2.57 bits per heavy atom. The van der Waals surface area contributed by atoms with Crippen LogP contribution in [0.5, 0.6) is 0 Å². The first-order valence-corrected chi connectivity index (χ1v) is 8.44. The van der Waals surface area contributed by atoms with Crippen molar-refractivity contribution in [1.29, 1.82) is 0 Å². The predicted octanol–water partition coefficient (Wildman–Crippen LogP) is 1.99. The van der Waals surface area contributed by atoms with Crippen LogP contribution in [0.1, 0.15) is 12.5 Å². The molecule has 1 fully saturated rings. The van der Waals surface area contributed by atoms with Crippen molar-refractivity contribution in [3.8, 4) is 0 Å². The van der Waals surface area contributed by atoms with Crippen LogP contribution in [-0.2, 0) is 25.5 Å². The van der Waals surface area contributed by atoms with Crippen molar-refractivity contribution in [3.05, 3.63) is 34.9 Å². The maximum Gasteiger partial charge on any atom is 0.269 e. The average molecular weight is 356 g/mol. The minimum Gasteiger partial charge on any atom is -0.348 e. The van der Waals surface area contributed by atoms with Gasteiger partial charge in [-0.3, -0.25) is 0 Å². The van der Waals surface area contributed by atoms with Crippen LogP contribution in [0.15, 0.2) is 24.3 Å². The van der Waals surface area contributed by atoms with E-state index in [9.17, 15) is 8.42 Å². The van der Waals surface area contributed by atoms with Crippen molar-refractivity contribution < 1.29 is 17.3 Å². The van der Waals surface area contributed by atoms with Gasteiger partial charge in [-0.1, -0.05) is 23.7 Å². The van der Waals surface area contributed by atoms with Gasteiger partial charge in [0, 0.05) is 17.6 Å². The second kappa shape index (κ2) is 8.31. The zero-order chi connectivity index (χ0) is 14.6. The van der Waals surface area contributed by atoms with Crippen LogP contribution in [0.25, 0.3) is 0 Å². The molecule has 21 heavy (non-hydrogen) atoms. The lowest BCUT2D eigenvalue weighted by molar-refractivity contribution is -0.105. The number of morpholine rings is 1. The molecule has 1 aromatic carbocycles. The van der Waals surface area contributed by atoms with Gasteiger partial charge in [0.25, 0.3) is 10.1 Å². The molecule has 2 rings (SSSR count). The van der Waals surface area contributed by atoms with E-state index in [1.165, 1.54) is 6.92 Å². The minimum absolute atomic E-state index is 0. The lowest BCUT2D eigenvalue weighted by atomic mass is 10.1. The zero-order valence-electron chi connectivity index (χ0n) is 11.6. The van der Waals surface area contributed by atoms with Crippen LogP contribution >= 0.6 is 24.0 Å². The quantitative estimate of drug-likeness (QED) is 0.818. The summed E-state index contributed by atoms with van der Waals surface area (Å²) >= 11 is 5.84. The van der Waals surface area contributed by atoms with E-state index in [0.29, 0.717) is 18.2 Å². The van der Waals surface area contributed by atoms with Gasteiger partial charge in [-0.2, -0.15) is 8.42 Å². The summed E-state index contributed by atoms with van der Waals surface area (Å²) in [5.41, 5.74) is 1.15. The fourth-order valence-corrected chi connectivity index (χ4v) is 2.65. The number of nitrogens with one attached hydrogen (secondary N) is 1. The van der Waals surface area contributed by atoms with E-state index >= 15 is 0 Å². The Balaban J connectivity index is 0.00000220. The Labute approximate surface area is 136 Å². The van der Waals surface area contributed by atoms with E-state index in [4.69, 9.17) is 20.5 Å². The predicted molar refractivity (Wildman–Crippen MR) is 84.5 cm³/mol. The highest BCUT2D eigenvalue weighted by Gasteiger charge is 2.25. The van der Waals surface area contributed by atoms with Gasteiger partial charge in [-0.15, -0.1) is 12.4 Å². The highest BCUT2D eigenvalue weighted by atomic mass is 35.5. The van der Waals surface area contributed by atoms with E-state index in [0.717, 1.165) is 12.0 Å². The summed E-state index contributed by atoms with van der Waals surface area (Å²) in [5.74, 6) is -0.0545. The molecule has 0 aliphatic carbocycles. The Kier molecular flexibility index (Phi) is 7.39. The molecular formula is C13H19Cl2NO4S. The molecule has 0 unspecified atom stereocenters. The van der Waals surface area contributed by atoms with Crippen LogP contribution in [0.3, 0.4) is 0 Å². The van der Waals surface area contributed by atoms with Crippen LogP contribution in [0.4, 0.5) is 0 Å². The van der Waals surface area contributed by atoms with Gasteiger partial charge in [0.15, 0.2) is 6.29 Å². The SMILES string of the molecule is CCS(=O)(=O)O[C@@H]1CN[C@@H](Cc2ccc(Cl)cc2)CO1.Cl. The third kappa shape index (κ3) is 6.10. The van der Waals surface area contributed by atoms with Crippen LogP contribution in [0.2, 0.25) is 5.02 Å². The fourth-order valence-electron chi connectivity index (χ4n) is 1.93. The van der Waals surface area contributed by atoms with E-state index in [2.05, 4.69) is 5.32 Å². The maximum absolute atomic E-state index is 11.3. The third-order valence-corrected chi connectivity index (χ3v) is 4.53. The maximum atomic E-state index is 11.3. The lowest BCUT2D eigenvalue weighted by Gasteiger charge is -2.29. The molecule has 5 nitrogen and oxygen atoms in total. The summed E-state index contributed by atoms with van der Waals surface area (Å²) in [7, 11) is -3.48. The number of halogens is 2. The molecule has 0 aromatic heterocycles. The molecule has 8 heteroatoms. The molecule has 0 radical (unpaired) electrons. The number of rotatable bonds is 5. The molecule has 1 N–H and O–H groups in total. The van der Waals surface area contributed by atoms with E-state index in [1.54, 1.807) is 0 Å². The summed E-state index contributed by atoms with van der Waals surface area (Å²) in [6.45, 7) is 2.30. The normalized spacial score (nSPS) is 22.6. The molecule has 1 aromatic rings. The first-order chi connectivity index (χ1) is 9.48. The first kappa shape index (κ1) is 18.7. The summed E-state index contributed by atoms with van der Waals surface area (Å²) in [5, 5.41) is 3.94. The van der Waals surface area contributed by atoms with Crippen LogP contribution < -0.4 is 5.32 Å². The Morgan fingerprint density at radius 1 is 1.38 bits per heavy atom. The largest absolute Gasteiger partial charge is 0.348 e. The first-order valence-electron chi connectivity index (χ1n) is 6.49. The summed E-state index contributed by atoms with van der Waals surface area (Å²) in [6, 6.07) is 7.77. The number of benzene rings is 1. The smallest absolute Gasteiger partial charge is 0.269 e. The molecular weight excluding hydrogens is 337 g/mol. The van der Waals surface area contributed by atoms with Gasteiger partial charge in [0.05, 0.1) is 12.4 Å². The molecule has 1 saturated heterocycles.